The first-order valence-corrected chi connectivity index (χ1v) is 13.2. The maximum absolute atomic E-state index is 13.0. The molecule has 0 aliphatic carbocycles. The number of aromatic hydroxyl groups is 1. The highest BCUT2D eigenvalue weighted by Gasteiger charge is 2.19. The number of hydrogen-bond acceptors (Lipinski definition) is 7. The van der Waals surface area contributed by atoms with Crippen LogP contribution in [0.5, 0.6) is 5.75 Å². The van der Waals surface area contributed by atoms with Gasteiger partial charge in [0, 0.05) is 42.8 Å². The number of carbonyl (C=O) groups excluding carboxylic acids is 2. The van der Waals surface area contributed by atoms with Crippen LogP contribution in [0, 0.1) is 0 Å². The molecular formula is C29H27ClN6O4. The molecule has 204 valence electrons. The Kier molecular flexibility index (Phi) is 8.18. The molecule has 0 saturated carbocycles. The molecule has 0 spiro atoms. The number of carbonyl (C=O) groups is 2. The Morgan fingerprint density at radius 2 is 1.70 bits per heavy atom. The molecular weight excluding hydrogens is 532 g/mol. The second kappa shape index (κ2) is 12.1. The van der Waals surface area contributed by atoms with E-state index in [0.29, 0.717) is 22.8 Å². The molecule has 11 heteroatoms. The summed E-state index contributed by atoms with van der Waals surface area (Å²) in [5, 5.41) is 16.1. The van der Waals surface area contributed by atoms with Gasteiger partial charge in [-0.2, -0.15) is 0 Å². The van der Waals surface area contributed by atoms with E-state index >= 15 is 0 Å². The van der Waals surface area contributed by atoms with Crippen LogP contribution in [0.2, 0.25) is 5.02 Å². The number of nitrogens with zero attached hydrogens (tertiary/aromatic N) is 4. The van der Waals surface area contributed by atoms with Crippen molar-refractivity contribution in [2.24, 2.45) is 0 Å². The maximum atomic E-state index is 13.0. The second-order valence-electron chi connectivity index (χ2n) is 9.37. The van der Waals surface area contributed by atoms with Crippen LogP contribution in [-0.2, 0) is 6.54 Å². The van der Waals surface area contributed by atoms with E-state index in [4.69, 9.17) is 11.6 Å². The van der Waals surface area contributed by atoms with E-state index in [1.165, 1.54) is 43.3 Å². The van der Waals surface area contributed by atoms with Crippen LogP contribution < -0.4 is 16.2 Å². The smallest absolute Gasteiger partial charge is 0.277 e. The van der Waals surface area contributed by atoms with Crippen molar-refractivity contribution in [3.8, 4) is 17.0 Å². The highest BCUT2D eigenvalue weighted by molar-refractivity contribution is 6.30. The number of rotatable bonds is 8. The molecule has 0 radical (unpaired) electrons. The maximum Gasteiger partial charge on any atom is 0.277 e. The first-order valence-electron chi connectivity index (χ1n) is 12.8. The Bertz CT molecular complexity index is 1580. The minimum absolute atomic E-state index is 0.0460. The van der Waals surface area contributed by atoms with E-state index in [0.717, 1.165) is 19.6 Å². The van der Waals surface area contributed by atoms with Crippen LogP contribution in [0.4, 0.5) is 11.5 Å². The summed E-state index contributed by atoms with van der Waals surface area (Å²) in [5.74, 6) is -1.14. The Hall–Kier alpha value is -4.54. The predicted molar refractivity (Wildman–Crippen MR) is 153 cm³/mol. The zero-order valence-electron chi connectivity index (χ0n) is 21.5. The molecule has 5 rings (SSSR count). The number of phenolic OH excluding ortho intramolecular Hbond substituents is 1. The molecule has 0 atom stereocenters. The van der Waals surface area contributed by atoms with Crippen LogP contribution in [0.25, 0.3) is 11.3 Å². The first-order chi connectivity index (χ1) is 19.4. The molecule has 4 aromatic rings. The van der Waals surface area contributed by atoms with Gasteiger partial charge in [0.05, 0.1) is 16.3 Å². The Morgan fingerprint density at radius 3 is 2.42 bits per heavy atom. The minimum atomic E-state index is -0.576. The van der Waals surface area contributed by atoms with Gasteiger partial charge in [0.25, 0.3) is 17.4 Å². The van der Waals surface area contributed by atoms with Crippen LogP contribution in [0.15, 0.2) is 78.0 Å². The molecule has 1 fully saturated rings. The van der Waals surface area contributed by atoms with Gasteiger partial charge < -0.3 is 25.2 Å². The molecule has 0 bridgehead atoms. The monoisotopic (exact) mass is 558 g/mol. The van der Waals surface area contributed by atoms with Crippen LogP contribution >= 0.6 is 11.6 Å². The number of pyridine rings is 1. The number of hydrogen-bond donors (Lipinski definition) is 3. The van der Waals surface area contributed by atoms with Crippen molar-refractivity contribution in [2.75, 3.05) is 30.3 Å². The number of amides is 2. The van der Waals surface area contributed by atoms with Gasteiger partial charge in [0.15, 0.2) is 0 Å². The van der Waals surface area contributed by atoms with Gasteiger partial charge in [-0.1, -0.05) is 29.8 Å². The molecule has 1 aliphatic rings. The molecule has 3 heterocycles. The van der Waals surface area contributed by atoms with Gasteiger partial charge in [0.2, 0.25) is 0 Å². The summed E-state index contributed by atoms with van der Waals surface area (Å²) in [7, 11) is 0. The standard InChI is InChI=1S/C29H27ClN6O4/c30-21-10-11-24(32-18-21)33-28(39)22-4-3-5-23(37)26(22)34-27(38)20-8-6-19(7-9-20)25-29(40)36(15-12-31-25)17-16-35-13-1-2-14-35/h3-12,15,18,37H,1-2,13-14,16-17H2,(H,34,38)(H,32,33,39). The molecule has 2 aromatic carbocycles. The first kappa shape index (κ1) is 27.0. The van der Waals surface area contributed by atoms with Gasteiger partial charge in [-0.15, -0.1) is 0 Å². The number of phenols is 1. The molecule has 40 heavy (non-hydrogen) atoms. The predicted octanol–water partition coefficient (Wildman–Crippen LogP) is 4.26. The lowest BCUT2D eigenvalue weighted by molar-refractivity contribution is 0.102. The van der Waals surface area contributed by atoms with Gasteiger partial charge >= 0.3 is 0 Å². The summed E-state index contributed by atoms with van der Waals surface area (Å²) < 4.78 is 1.66. The van der Waals surface area contributed by atoms with Crippen LogP contribution in [-0.4, -0.2) is 56.0 Å². The number of anilines is 2. The third-order valence-electron chi connectivity index (χ3n) is 6.68. The van der Waals surface area contributed by atoms with E-state index < -0.39 is 11.8 Å². The van der Waals surface area contributed by atoms with Gasteiger partial charge in [0.1, 0.15) is 17.3 Å². The van der Waals surface area contributed by atoms with Crippen molar-refractivity contribution >= 4 is 34.9 Å². The lowest BCUT2D eigenvalue weighted by Crippen LogP contribution is -2.30. The summed E-state index contributed by atoms with van der Waals surface area (Å²) in [6, 6.07) is 13.9. The summed E-state index contributed by atoms with van der Waals surface area (Å²) in [6.45, 7) is 3.51. The van der Waals surface area contributed by atoms with E-state index in [9.17, 15) is 19.5 Å². The normalized spacial score (nSPS) is 13.2. The highest BCUT2D eigenvalue weighted by atomic mass is 35.5. The fourth-order valence-corrected chi connectivity index (χ4v) is 4.65. The topological polar surface area (TPSA) is 129 Å². The van der Waals surface area contributed by atoms with Crippen molar-refractivity contribution in [3.05, 3.63) is 99.7 Å². The Balaban J connectivity index is 1.30. The Labute approximate surface area is 235 Å². The summed E-state index contributed by atoms with van der Waals surface area (Å²) in [5.41, 5.74) is 0.946. The largest absolute Gasteiger partial charge is 0.506 e. The second-order valence-corrected chi connectivity index (χ2v) is 9.81. The summed E-state index contributed by atoms with van der Waals surface area (Å²) in [6.07, 6.45) is 7.06. The third-order valence-corrected chi connectivity index (χ3v) is 6.91. The minimum Gasteiger partial charge on any atom is -0.506 e. The zero-order chi connectivity index (χ0) is 28.1. The van der Waals surface area contributed by atoms with Crippen molar-refractivity contribution in [2.45, 2.75) is 19.4 Å². The van der Waals surface area contributed by atoms with Crippen LogP contribution in [0.3, 0.4) is 0 Å². The fraction of sp³-hybridized carbons (Fsp3) is 0.207. The zero-order valence-corrected chi connectivity index (χ0v) is 22.3. The summed E-state index contributed by atoms with van der Waals surface area (Å²) >= 11 is 5.84. The highest BCUT2D eigenvalue weighted by Crippen LogP contribution is 2.29. The van der Waals surface area contributed by atoms with E-state index in [2.05, 4.69) is 25.5 Å². The quantitative estimate of drug-likeness (QED) is 0.275. The molecule has 1 aliphatic heterocycles. The average molecular weight is 559 g/mol. The molecule has 0 unspecified atom stereocenters. The van der Waals surface area contributed by atoms with E-state index in [1.807, 2.05) is 0 Å². The van der Waals surface area contributed by atoms with Crippen molar-refractivity contribution in [1.29, 1.82) is 0 Å². The average Bonchev–Trinajstić information content (AvgIpc) is 3.49. The number of halogens is 1. The molecule has 3 N–H and O–H groups in total. The number of nitrogens with one attached hydrogen (secondary N) is 2. The van der Waals surface area contributed by atoms with Gasteiger partial charge in [-0.25, -0.2) is 9.97 Å². The van der Waals surface area contributed by atoms with Gasteiger partial charge in [-0.3, -0.25) is 14.4 Å². The molecule has 2 aromatic heterocycles. The van der Waals surface area contributed by atoms with E-state index in [-0.39, 0.29) is 33.9 Å². The van der Waals surface area contributed by atoms with Gasteiger partial charge in [-0.05, 0) is 62.3 Å². The Morgan fingerprint density at radius 1 is 0.925 bits per heavy atom. The third kappa shape index (κ3) is 6.19. The molecule has 10 nitrogen and oxygen atoms in total. The van der Waals surface area contributed by atoms with Crippen LogP contribution in [0.1, 0.15) is 33.6 Å². The van der Waals surface area contributed by atoms with Crippen molar-refractivity contribution in [3.63, 3.8) is 0 Å². The molecule has 1 saturated heterocycles. The SMILES string of the molecule is O=C(Nc1c(O)cccc1C(=O)Nc1ccc(Cl)cn1)c1ccc(-c2nccn(CCN3CCCC3)c2=O)cc1. The van der Waals surface area contributed by atoms with Crippen molar-refractivity contribution in [1.82, 2.24) is 19.4 Å². The molecule has 2 amide bonds. The van der Waals surface area contributed by atoms with E-state index in [1.54, 1.807) is 47.3 Å². The summed E-state index contributed by atoms with van der Waals surface area (Å²) in [4.78, 5) is 49.6. The lowest BCUT2D eigenvalue weighted by atomic mass is 10.1. The number of benzene rings is 2. The lowest BCUT2D eigenvalue weighted by Gasteiger charge is -2.15. The number of likely N-dealkylation sites (tertiary alicyclic amines) is 1. The number of aromatic nitrogens is 3. The number of para-hydroxylation sites is 1. The van der Waals surface area contributed by atoms with Crippen molar-refractivity contribution < 1.29 is 14.7 Å². The fourth-order valence-electron chi connectivity index (χ4n) is 4.54.